The van der Waals surface area contributed by atoms with Crippen molar-refractivity contribution >= 4 is 46.9 Å². The number of nitrogens with zero attached hydrogens (tertiary/aromatic N) is 1. The lowest BCUT2D eigenvalue weighted by atomic mass is 10.2. The molecule has 0 unspecified atom stereocenters. The van der Waals surface area contributed by atoms with Gasteiger partial charge in [0.05, 0.1) is 16.8 Å². The summed E-state index contributed by atoms with van der Waals surface area (Å²) in [4.78, 5) is 12.0. The van der Waals surface area contributed by atoms with E-state index in [0.29, 0.717) is 21.6 Å². The van der Waals surface area contributed by atoms with Gasteiger partial charge in [-0.05, 0) is 54.6 Å². The van der Waals surface area contributed by atoms with Gasteiger partial charge in [-0.3, -0.25) is 4.79 Å². The fraction of sp³-hybridized carbons (Fsp3) is 0. The third-order valence-corrected chi connectivity index (χ3v) is 4.09. The van der Waals surface area contributed by atoms with Crippen molar-refractivity contribution in [2.45, 2.75) is 0 Å². The van der Waals surface area contributed by atoms with E-state index in [4.69, 9.17) is 39.2 Å². The van der Waals surface area contributed by atoms with Gasteiger partial charge in [0.2, 0.25) is 0 Å². The van der Waals surface area contributed by atoms with E-state index in [1.54, 1.807) is 24.3 Å². The molecular weight excluding hydrogens is 383 g/mol. The van der Waals surface area contributed by atoms with Gasteiger partial charge in [0, 0.05) is 15.6 Å². The second-order valence-electron chi connectivity index (χ2n) is 5.03. The molecular formula is C18H11Cl3N2O2. The zero-order valence-electron chi connectivity index (χ0n) is 12.7. The van der Waals surface area contributed by atoms with Crippen LogP contribution < -0.4 is 5.43 Å². The molecule has 0 bridgehead atoms. The Hall–Kier alpha value is -2.27. The molecule has 2 aromatic carbocycles. The number of hydrogen-bond donors (Lipinski definition) is 1. The van der Waals surface area contributed by atoms with Crippen LogP contribution in [-0.2, 0) is 0 Å². The summed E-state index contributed by atoms with van der Waals surface area (Å²) in [6.07, 6.45) is 1.40. The summed E-state index contributed by atoms with van der Waals surface area (Å²) in [6.45, 7) is 0. The van der Waals surface area contributed by atoms with E-state index in [2.05, 4.69) is 10.5 Å². The maximum absolute atomic E-state index is 12.0. The van der Waals surface area contributed by atoms with Crippen LogP contribution in [0.4, 0.5) is 0 Å². The summed E-state index contributed by atoms with van der Waals surface area (Å²) < 4.78 is 5.65. The standard InChI is InChI=1S/C18H11Cl3N2O2/c19-12-3-1-11(2-4-12)17-8-6-14(25-17)10-22-23-18(24)15-7-5-13(20)9-16(15)21/h1-10H,(H,23,24)/b22-10-. The summed E-state index contributed by atoms with van der Waals surface area (Å²) in [6, 6.07) is 15.4. The van der Waals surface area contributed by atoms with Crippen LogP contribution >= 0.6 is 34.8 Å². The lowest BCUT2D eigenvalue weighted by molar-refractivity contribution is 0.0955. The third kappa shape index (κ3) is 4.42. The number of nitrogens with one attached hydrogen (secondary N) is 1. The molecule has 0 saturated carbocycles. The Morgan fingerprint density at radius 1 is 0.960 bits per heavy atom. The Labute approximate surface area is 159 Å². The molecule has 3 rings (SSSR count). The van der Waals surface area contributed by atoms with Crippen LogP contribution in [0.25, 0.3) is 11.3 Å². The van der Waals surface area contributed by atoms with Crippen LogP contribution in [-0.4, -0.2) is 12.1 Å². The van der Waals surface area contributed by atoms with Crippen molar-refractivity contribution in [3.8, 4) is 11.3 Å². The monoisotopic (exact) mass is 392 g/mol. The molecule has 1 aromatic heterocycles. The smallest absolute Gasteiger partial charge is 0.272 e. The SMILES string of the molecule is O=C(N/N=C\c1ccc(-c2ccc(Cl)cc2)o1)c1ccc(Cl)cc1Cl. The van der Waals surface area contributed by atoms with Crippen LogP contribution in [0.1, 0.15) is 16.1 Å². The molecule has 0 spiro atoms. The molecule has 7 heteroatoms. The average Bonchev–Trinajstić information content (AvgIpc) is 3.04. The van der Waals surface area contributed by atoms with Crippen molar-refractivity contribution in [2.24, 2.45) is 5.10 Å². The van der Waals surface area contributed by atoms with Gasteiger partial charge in [0.25, 0.3) is 5.91 Å². The largest absolute Gasteiger partial charge is 0.455 e. The van der Waals surface area contributed by atoms with E-state index in [0.717, 1.165) is 5.56 Å². The van der Waals surface area contributed by atoms with Gasteiger partial charge in [-0.25, -0.2) is 5.43 Å². The van der Waals surface area contributed by atoms with Crippen molar-refractivity contribution in [2.75, 3.05) is 0 Å². The molecule has 0 aliphatic rings. The first-order valence-electron chi connectivity index (χ1n) is 7.17. The minimum absolute atomic E-state index is 0.253. The zero-order chi connectivity index (χ0) is 17.8. The Morgan fingerprint density at radius 3 is 2.40 bits per heavy atom. The number of hydrogen-bond acceptors (Lipinski definition) is 3. The molecule has 4 nitrogen and oxygen atoms in total. The molecule has 0 fully saturated rings. The van der Waals surface area contributed by atoms with Gasteiger partial charge in [-0.1, -0.05) is 34.8 Å². The number of amides is 1. The second-order valence-corrected chi connectivity index (χ2v) is 6.31. The third-order valence-electron chi connectivity index (χ3n) is 3.29. The van der Waals surface area contributed by atoms with Crippen LogP contribution in [0.3, 0.4) is 0 Å². The topological polar surface area (TPSA) is 54.6 Å². The highest BCUT2D eigenvalue weighted by Crippen LogP contribution is 2.23. The Balaban J connectivity index is 1.66. The number of benzene rings is 2. The highest BCUT2D eigenvalue weighted by Gasteiger charge is 2.10. The number of rotatable bonds is 4. The lowest BCUT2D eigenvalue weighted by Gasteiger charge is -2.02. The van der Waals surface area contributed by atoms with Crippen molar-refractivity contribution in [1.82, 2.24) is 5.43 Å². The zero-order valence-corrected chi connectivity index (χ0v) is 14.9. The van der Waals surface area contributed by atoms with Crippen LogP contribution in [0.15, 0.2) is 64.1 Å². The highest BCUT2D eigenvalue weighted by atomic mass is 35.5. The van der Waals surface area contributed by atoms with E-state index in [1.807, 2.05) is 18.2 Å². The minimum atomic E-state index is -0.442. The van der Waals surface area contributed by atoms with E-state index < -0.39 is 5.91 Å². The first kappa shape index (κ1) is 17.5. The van der Waals surface area contributed by atoms with Crippen LogP contribution in [0.2, 0.25) is 15.1 Å². The molecule has 1 amide bonds. The molecule has 126 valence electrons. The van der Waals surface area contributed by atoms with Crippen LogP contribution in [0.5, 0.6) is 0 Å². The summed E-state index contributed by atoms with van der Waals surface area (Å²) in [5.74, 6) is 0.722. The molecule has 1 N–H and O–H groups in total. The summed E-state index contributed by atoms with van der Waals surface area (Å²) >= 11 is 17.6. The predicted molar refractivity (Wildman–Crippen MR) is 101 cm³/mol. The maximum Gasteiger partial charge on any atom is 0.272 e. The summed E-state index contributed by atoms with van der Waals surface area (Å²) in [5.41, 5.74) is 3.56. The number of carbonyl (C=O) groups excluding carboxylic acids is 1. The van der Waals surface area contributed by atoms with Gasteiger partial charge < -0.3 is 4.42 Å². The predicted octanol–water partition coefficient (Wildman–Crippen LogP) is 5.67. The molecule has 1 heterocycles. The number of hydrazone groups is 1. The van der Waals surface area contributed by atoms with Crippen molar-refractivity contribution in [3.63, 3.8) is 0 Å². The normalized spacial score (nSPS) is 11.0. The fourth-order valence-electron chi connectivity index (χ4n) is 2.08. The van der Waals surface area contributed by atoms with Gasteiger partial charge >= 0.3 is 0 Å². The Morgan fingerprint density at radius 2 is 1.68 bits per heavy atom. The van der Waals surface area contributed by atoms with Crippen molar-refractivity contribution in [3.05, 3.63) is 81.0 Å². The van der Waals surface area contributed by atoms with Crippen LogP contribution in [0, 0.1) is 0 Å². The second kappa shape index (κ2) is 7.74. The van der Waals surface area contributed by atoms with Gasteiger partial charge in [-0.15, -0.1) is 0 Å². The molecule has 25 heavy (non-hydrogen) atoms. The van der Waals surface area contributed by atoms with Crippen molar-refractivity contribution in [1.29, 1.82) is 0 Å². The summed E-state index contributed by atoms with van der Waals surface area (Å²) in [5, 5.41) is 5.23. The van der Waals surface area contributed by atoms with Crippen molar-refractivity contribution < 1.29 is 9.21 Å². The molecule has 0 aliphatic heterocycles. The minimum Gasteiger partial charge on any atom is -0.455 e. The van der Waals surface area contributed by atoms with Gasteiger partial charge in [0.1, 0.15) is 11.5 Å². The highest BCUT2D eigenvalue weighted by molar-refractivity contribution is 6.36. The first-order valence-corrected chi connectivity index (χ1v) is 8.30. The van der Waals surface area contributed by atoms with Gasteiger partial charge in [-0.2, -0.15) is 5.10 Å². The maximum atomic E-state index is 12.0. The van der Waals surface area contributed by atoms with E-state index in [1.165, 1.54) is 18.3 Å². The Kier molecular flexibility index (Phi) is 5.43. The van der Waals surface area contributed by atoms with Gasteiger partial charge in [0.15, 0.2) is 0 Å². The van der Waals surface area contributed by atoms with E-state index in [9.17, 15) is 4.79 Å². The number of furan rings is 1. The molecule has 0 radical (unpaired) electrons. The lowest BCUT2D eigenvalue weighted by Crippen LogP contribution is -2.17. The Bertz CT molecular complexity index is 934. The van der Waals surface area contributed by atoms with E-state index >= 15 is 0 Å². The number of carbonyl (C=O) groups is 1. The quantitative estimate of drug-likeness (QED) is 0.458. The molecule has 0 aliphatic carbocycles. The fourth-order valence-corrected chi connectivity index (χ4v) is 2.70. The molecule has 3 aromatic rings. The molecule has 0 saturated heterocycles. The average molecular weight is 394 g/mol. The summed E-state index contributed by atoms with van der Waals surface area (Å²) in [7, 11) is 0. The first-order chi connectivity index (χ1) is 12.0. The molecule has 0 atom stereocenters. The van der Waals surface area contributed by atoms with E-state index in [-0.39, 0.29) is 10.6 Å². The number of halogens is 3.